The Kier molecular flexibility index (Phi) is 41.5. The molecule has 2 amide bonds. The molecule has 0 radical (unpaired) electrons. The van der Waals surface area contributed by atoms with Gasteiger partial charge in [0.2, 0.25) is 11.8 Å². The normalized spacial score (nSPS) is 11.6. The largest absolute Gasteiger partial charge is 0.356 e. The zero-order chi connectivity index (χ0) is 38.0. The molecule has 0 aliphatic heterocycles. The zero-order valence-electron chi connectivity index (χ0n) is 35.1. The molecule has 52 heavy (non-hydrogen) atoms. The van der Waals surface area contributed by atoms with Crippen molar-refractivity contribution < 1.29 is 9.59 Å². The van der Waals surface area contributed by atoms with Crippen molar-refractivity contribution in [3.8, 4) is 0 Å². The first kappa shape index (κ1) is 50.8. The SMILES string of the molecule is CCCCCCCCCCCCCCCCNC(=O)CCN(CCN)CCN(CCN)CCC(=O)NCCCCCCCCCCCCCCCC. The van der Waals surface area contributed by atoms with E-state index >= 15 is 0 Å². The number of nitrogens with zero attached hydrogens (tertiary/aromatic N) is 2. The number of hydrogen-bond donors (Lipinski definition) is 4. The number of nitrogens with two attached hydrogens (primary N) is 2. The van der Waals surface area contributed by atoms with Gasteiger partial charge in [0.1, 0.15) is 0 Å². The van der Waals surface area contributed by atoms with Crippen molar-refractivity contribution in [2.24, 2.45) is 11.5 Å². The molecule has 0 saturated carbocycles. The average Bonchev–Trinajstić information content (AvgIpc) is 3.14. The standard InChI is InChI=1S/C44H92N6O2/c1-3-5-7-9-11-13-15-17-19-21-23-25-27-29-35-47-43(51)31-37-49(39-33-45)41-42-50(40-34-46)38-32-44(52)48-36-30-28-26-24-22-20-18-16-14-12-10-8-6-4-2/h3-42,45-46H2,1-2H3,(H,47,51)(H,48,52). The van der Waals surface area contributed by atoms with Crippen LogP contribution in [-0.4, -0.2) is 87.1 Å². The van der Waals surface area contributed by atoms with Gasteiger partial charge in [-0.25, -0.2) is 0 Å². The summed E-state index contributed by atoms with van der Waals surface area (Å²) in [7, 11) is 0. The van der Waals surface area contributed by atoms with Crippen LogP contribution in [0.1, 0.15) is 206 Å². The molecular formula is C44H92N6O2. The van der Waals surface area contributed by atoms with Gasteiger partial charge < -0.3 is 31.9 Å². The molecule has 0 heterocycles. The Morgan fingerprint density at radius 2 is 0.615 bits per heavy atom. The lowest BCUT2D eigenvalue weighted by Gasteiger charge is -2.27. The predicted molar refractivity (Wildman–Crippen MR) is 227 cm³/mol. The molecule has 8 heteroatoms. The summed E-state index contributed by atoms with van der Waals surface area (Å²) in [5.41, 5.74) is 11.8. The topological polar surface area (TPSA) is 117 Å². The van der Waals surface area contributed by atoms with Crippen LogP contribution in [0.2, 0.25) is 0 Å². The van der Waals surface area contributed by atoms with Crippen molar-refractivity contribution in [2.45, 2.75) is 206 Å². The number of amides is 2. The van der Waals surface area contributed by atoms with Crippen molar-refractivity contribution in [2.75, 3.05) is 65.4 Å². The third kappa shape index (κ3) is 38.5. The number of carbonyl (C=O) groups is 2. The average molecular weight is 737 g/mol. The highest BCUT2D eigenvalue weighted by Gasteiger charge is 2.12. The van der Waals surface area contributed by atoms with Crippen LogP contribution in [0.5, 0.6) is 0 Å². The lowest BCUT2D eigenvalue weighted by Crippen LogP contribution is -2.42. The third-order valence-electron chi connectivity index (χ3n) is 10.6. The molecule has 310 valence electrons. The highest BCUT2D eigenvalue weighted by atomic mass is 16.2. The zero-order valence-corrected chi connectivity index (χ0v) is 35.1. The summed E-state index contributed by atoms with van der Waals surface area (Å²) < 4.78 is 0. The highest BCUT2D eigenvalue weighted by Crippen LogP contribution is 2.14. The van der Waals surface area contributed by atoms with Crippen molar-refractivity contribution >= 4 is 11.8 Å². The van der Waals surface area contributed by atoms with Gasteiger partial charge in [0.05, 0.1) is 0 Å². The van der Waals surface area contributed by atoms with Gasteiger partial charge in [0.15, 0.2) is 0 Å². The second-order valence-corrected chi connectivity index (χ2v) is 15.7. The monoisotopic (exact) mass is 737 g/mol. The molecule has 0 bridgehead atoms. The predicted octanol–water partition coefficient (Wildman–Crippen LogP) is 9.48. The Morgan fingerprint density at radius 3 is 0.865 bits per heavy atom. The second kappa shape index (κ2) is 42.5. The maximum absolute atomic E-state index is 12.5. The molecule has 6 N–H and O–H groups in total. The van der Waals surface area contributed by atoms with E-state index in [-0.39, 0.29) is 11.8 Å². The first-order valence-electron chi connectivity index (χ1n) is 23.0. The van der Waals surface area contributed by atoms with Crippen LogP contribution in [0.15, 0.2) is 0 Å². The number of hydrogen-bond acceptors (Lipinski definition) is 6. The van der Waals surface area contributed by atoms with E-state index in [2.05, 4.69) is 34.3 Å². The van der Waals surface area contributed by atoms with Crippen molar-refractivity contribution in [3.05, 3.63) is 0 Å². The van der Waals surface area contributed by atoms with Gasteiger partial charge in [-0.2, -0.15) is 0 Å². The van der Waals surface area contributed by atoms with Crippen LogP contribution in [0.4, 0.5) is 0 Å². The van der Waals surface area contributed by atoms with Crippen molar-refractivity contribution in [1.29, 1.82) is 0 Å². The summed E-state index contributed by atoms with van der Waals surface area (Å²) in [6, 6.07) is 0. The van der Waals surface area contributed by atoms with Gasteiger partial charge in [-0.1, -0.05) is 181 Å². The van der Waals surface area contributed by atoms with E-state index in [4.69, 9.17) is 11.5 Å². The first-order chi connectivity index (χ1) is 25.6. The third-order valence-corrected chi connectivity index (χ3v) is 10.6. The number of unbranched alkanes of at least 4 members (excludes halogenated alkanes) is 26. The van der Waals surface area contributed by atoms with Crippen LogP contribution in [0, 0.1) is 0 Å². The fourth-order valence-corrected chi connectivity index (χ4v) is 7.11. The van der Waals surface area contributed by atoms with E-state index in [0.717, 1.165) is 52.1 Å². The highest BCUT2D eigenvalue weighted by molar-refractivity contribution is 5.76. The van der Waals surface area contributed by atoms with E-state index in [1.54, 1.807) is 0 Å². The van der Waals surface area contributed by atoms with Gasteiger partial charge in [-0.15, -0.1) is 0 Å². The molecule has 0 aromatic heterocycles. The molecule has 0 spiro atoms. The molecule has 0 aliphatic carbocycles. The van der Waals surface area contributed by atoms with Crippen molar-refractivity contribution in [3.63, 3.8) is 0 Å². The quantitative estimate of drug-likeness (QED) is 0.0464. The smallest absolute Gasteiger partial charge is 0.221 e. The fourth-order valence-electron chi connectivity index (χ4n) is 7.11. The summed E-state index contributed by atoms with van der Waals surface area (Å²) in [4.78, 5) is 29.6. The Bertz CT molecular complexity index is 680. The Hall–Kier alpha value is -1.22. The molecule has 0 aromatic carbocycles. The number of carbonyl (C=O) groups excluding carboxylic acids is 2. The van der Waals surface area contributed by atoms with E-state index in [1.165, 1.54) is 167 Å². The molecule has 0 fully saturated rings. The molecule has 0 rings (SSSR count). The lowest BCUT2D eigenvalue weighted by molar-refractivity contribution is -0.122. The first-order valence-corrected chi connectivity index (χ1v) is 23.0. The van der Waals surface area contributed by atoms with Gasteiger partial charge >= 0.3 is 0 Å². The molecule has 0 aromatic rings. The van der Waals surface area contributed by atoms with Gasteiger partial charge in [0.25, 0.3) is 0 Å². The van der Waals surface area contributed by atoms with E-state index < -0.39 is 0 Å². The van der Waals surface area contributed by atoms with Crippen LogP contribution in [0.3, 0.4) is 0 Å². The van der Waals surface area contributed by atoms with Gasteiger partial charge in [-0.3, -0.25) is 9.59 Å². The molecule has 8 nitrogen and oxygen atoms in total. The summed E-state index contributed by atoms with van der Waals surface area (Å²) in [5, 5.41) is 6.24. The Labute approximate surface area is 324 Å². The van der Waals surface area contributed by atoms with E-state index in [1.807, 2.05) is 0 Å². The van der Waals surface area contributed by atoms with Crippen LogP contribution in [-0.2, 0) is 9.59 Å². The van der Waals surface area contributed by atoms with Gasteiger partial charge in [0, 0.05) is 78.3 Å². The maximum atomic E-state index is 12.5. The molecule has 0 unspecified atom stereocenters. The Morgan fingerprint density at radius 1 is 0.365 bits per heavy atom. The minimum atomic E-state index is 0.131. The molecule has 0 aliphatic rings. The summed E-state index contributed by atoms with van der Waals surface area (Å²) >= 11 is 0. The summed E-state index contributed by atoms with van der Waals surface area (Å²) in [6.45, 7) is 11.8. The second-order valence-electron chi connectivity index (χ2n) is 15.7. The van der Waals surface area contributed by atoms with Crippen LogP contribution in [0.25, 0.3) is 0 Å². The fraction of sp³-hybridized carbons (Fsp3) is 0.955. The van der Waals surface area contributed by atoms with E-state index in [9.17, 15) is 9.59 Å². The molecular weight excluding hydrogens is 645 g/mol. The number of nitrogens with one attached hydrogen (secondary N) is 2. The summed E-state index contributed by atoms with van der Waals surface area (Å²) in [5.74, 6) is 0.261. The van der Waals surface area contributed by atoms with Gasteiger partial charge in [-0.05, 0) is 12.8 Å². The minimum absolute atomic E-state index is 0.131. The van der Waals surface area contributed by atoms with Crippen LogP contribution < -0.4 is 22.1 Å². The minimum Gasteiger partial charge on any atom is -0.356 e. The maximum Gasteiger partial charge on any atom is 0.221 e. The summed E-state index contributed by atoms with van der Waals surface area (Å²) in [6.07, 6.45) is 38.6. The van der Waals surface area contributed by atoms with Crippen LogP contribution >= 0.6 is 0 Å². The molecule has 0 saturated heterocycles. The number of rotatable bonds is 43. The molecule has 0 atom stereocenters. The van der Waals surface area contributed by atoms with E-state index in [0.29, 0.717) is 39.0 Å². The lowest BCUT2D eigenvalue weighted by atomic mass is 10.0. The Balaban J connectivity index is 3.86. The van der Waals surface area contributed by atoms with Crippen molar-refractivity contribution in [1.82, 2.24) is 20.4 Å².